The van der Waals surface area contributed by atoms with Gasteiger partial charge in [0.25, 0.3) is 7.82 Å². The van der Waals surface area contributed by atoms with Crippen LogP contribution in [-0.2, 0) is 32.7 Å². The maximum Gasteiger partial charge on any atom is 0.306 e. The van der Waals surface area contributed by atoms with Crippen LogP contribution >= 0.6 is 7.82 Å². The number of unbranched alkanes of at least 4 members (excludes halogenated alkanes) is 10. The molecule has 2 unspecified atom stereocenters. The van der Waals surface area contributed by atoms with Gasteiger partial charge in [-0.05, 0) is 51.4 Å². The molecule has 0 fully saturated rings. The van der Waals surface area contributed by atoms with E-state index in [1.807, 2.05) is 81.9 Å². The van der Waals surface area contributed by atoms with E-state index in [2.05, 4.69) is 50.3 Å². The van der Waals surface area contributed by atoms with Gasteiger partial charge in [-0.1, -0.05) is 150 Å². The maximum absolute atomic E-state index is 12.6. The first-order valence-corrected chi connectivity index (χ1v) is 21.5. The number of phosphoric acid groups is 1. The molecule has 0 aliphatic heterocycles. The Morgan fingerprint density at radius 1 is 0.574 bits per heavy atom. The van der Waals surface area contributed by atoms with Gasteiger partial charge in [0.2, 0.25) is 0 Å². The van der Waals surface area contributed by atoms with E-state index in [0.717, 1.165) is 77.0 Å². The maximum atomic E-state index is 12.6. The van der Waals surface area contributed by atoms with Gasteiger partial charge in [0.15, 0.2) is 6.10 Å². The van der Waals surface area contributed by atoms with Gasteiger partial charge in [-0.2, -0.15) is 0 Å². The summed E-state index contributed by atoms with van der Waals surface area (Å²) in [5.41, 5.74) is 0. The highest BCUT2D eigenvalue weighted by atomic mass is 31.2. The average molecular weight is 774 g/mol. The number of carbonyl (C=O) groups excluding carboxylic acids is 2. The number of nitrogens with zero attached hydrogens (tertiary/aromatic N) is 1. The van der Waals surface area contributed by atoms with Crippen LogP contribution in [0.4, 0.5) is 0 Å². The number of carbonyl (C=O) groups is 2. The lowest BCUT2D eigenvalue weighted by Crippen LogP contribution is -2.37. The van der Waals surface area contributed by atoms with Crippen LogP contribution in [0.15, 0.2) is 97.2 Å². The Hall–Kier alpha value is -3.07. The standard InChI is InChI=1S/C44H72NO8P/c1-6-8-10-12-14-16-18-20-22-24-26-28-30-32-34-36-43(46)50-40-42(41-52-54(48,49)51-39-38-45(3,4)5)53-44(47)37-35-33-31-29-27-25-23-21-19-17-15-13-11-9-7-2/h8-23,42H,6-7,24-41H2,1-5H3/b10-8+,11-9+,14-12+,15-13+,18-16+,19-17+,22-20+,23-21+. The van der Waals surface area contributed by atoms with Gasteiger partial charge >= 0.3 is 11.9 Å². The van der Waals surface area contributed by atoms with Crippen LogP contribution in [0, 0.1) is 0 Å². The zero-order valence-electron chi connectivity index (χ0n) is 34.1. The van der Waals surface area contributed by atoms with E-state index in [4.69, 9.17) is 18.5 Å². The summed E-state index contributed by atoms with van der Waals surface area (Å²) in [5.74, 6) is -0.903. The molecule has 0 rings (SSSR count). The van der Waals surface area contributed by atoms with Crippen molar-refractivity contribution in [1.82, 2.24) is 0 Å². The second-order valence-electron chi connectivity index (χ2n) is 14.1. The first kappa shape index (κ1) is 50.9. The summed E-state index contributed by atoms with van der Waals surface area (Å²) in [5, 5.41) is 0. The quantitative estimate of drug-likeness (QED) is 0.0209. The topological polar surface area (TPSA) is 111 Å². The average Bonchev–Trinajstić information content (AvgIpc) is 3.12. The largest absolute Gasteiger partial charge is 0.756 e. The van der Waals surface area contributed by atoms with Crippen molar-refractivity contribution in [3.63, 3.8) is 0 Å². The van der Waals surface area contributed by atoms with Crippen LogP contribution in [0.3, 0.4) is 0 Å². The molecule has 0 radical (unpaired) electrons. The number of allylic oxidation sites excluding steroid dienone is 16. The fourth-order valence-corrected chi connectivity index (χ4v) is 5.40. The van der Waals surface area contributed by atoms with Gasteiger partial charge < -0.3 is 27.9 Å². The minimum Gasteiger partial charge on any atom is -0.756 e. The number of hydrogen-bond donors (Lipinski definition) is 0. The fourth-order valence-electron chi connectivity index (χ4n) is 4.67. The molecule has 0 saturated heterocycles. The van der Waals surface area contributed by atoms with Crippen molar-refractivity contribution in [2.45, 2.75) is 123 Å². The molecule has 0 aromatic heterocycles. The normalized spacial score (nSPS) is 14.7. The van der Waals surface area contributed by atoms with Crippen LogP contribution < -0.4 is 4.89 Å². The van der Waals surface area contributed by atoms with Crippen molar-refractivity contribution in [1.29, 1.82) is 0 Å². The molecule has 0 aromatic carbocycles. The van der Waals surface area contributed by atoms with E-state index in [0.29, 0.717) is 23.9 Å². The highest BCUT2D eigenvalue weighted by molar-refractivity contribution is 7.45. The molecular formula is C44H72NO8P. The molecule has 0 amide bonds. The third-order valence-electron chi connectivity index (χ3n) is 7.79. The third kappa shape index (κ3) is 38.6. The number of hydrogen-bond acceptors (Lipinski definition) is 8. The Labute approximate surface area is 328 Å². The van der Waals surface area contributed by atoms with E-state index >= 15 is 0 Å². The number of phosphoric ester groups is 1. The molecule has 0 aromatic rings. The summed E-state index contributed by atoms with van der Waals surface area (Å²) >= 11 is 0. The Bertz CT molecular complexity index is 1240. The van der Waals surface area contributed by atoms with E-state index in [-0.39, 0.29) is 26.1 Å². The molecule has 54 heavy (non-hydrogen) atoms. The SMILES string of the molecule is CC/C=C/C=C/C=C/C=C/CCCCCCCC(=O)OCC(COP(=O)([O-])OCC[N+](C)(C)C)OC(=O)CCCCCCC/C=C/C=C/C=C/C=C/CC. The zero-order valence-corrected chi connectivity index (χ0v) is 35.0. The van der Waals surface area contributed by atoms with E-state index in [1.165, 1.54) is 0 Å². The van der Waals surface area contributed by atoms with Gasteiger partial charge in [-0.15, -0.1) is 0 Å². The molecule has 2 atom stereocenters. The van der Waals surface area contributed by atoms with Crippen molar-refractivity contribution in [3.8, 4) is 0 Å². The molecule has 306 valence electrons. The molecule has 0 bridgehead atoms. The van der Waals surface area contributed by atoms with Crippen LogP contribution in [-0.4, -0.2) is 70.0 Å². The van der Waals surface area contributed by atoms with E-state index < -0.39 is 32.5 Å². The van der Waals surface area contributed by atoms with Gasteiger partial charge in [-0.3, -0.25) is 14.2 Å². The second kappa shape index (κ2) is 35.6. The van der Waals surface area contributed by atoms with Crippen LogP contribution in [0.5, 0.6) is 0 Å². The van der Waals surface area contributed by atoms with E-state index in [9.17, 15) is 19.0 Å². The minimum absolute atomic E-state index is 0.0465. The summed E-state index contributed by atoms with van der Waals surface area (Å²) in [6, 6.07) is 0. The molecule has 10 heteroatoms. The molecular weight excluding hydrogens is 701 g/mol. The van der Waals surface area contributed by atoms with Gasteiger partial charge in [0.1, 0.15) is 19.8 Å². The fraction of sp³-hybridized carbons (Fsp3) is 0.591. The lowest BCUT2D eigenvalue weighted by molar-refractivity contribution is -0.870. The smallest absolute Gasteiger partial charge is 0.306 e. The molecule has 0 N–H and O–H groups in total. The predicted octanol–water partition coefficient (Wildman–Crippen LogP) is 10.4. The zero-order chi connectivity index (χ0) is 40.0. The van der Waals surface area contributed by atoms with Crippen LogP contribution in [0.2, 0.25) is 0 Å². The highest BCUT2D eigenvalue weighted by Gasteiger charge is 2.21. The Morgan fingerprint density at radius 2 is 1.00 bits per heavy atom. The number of quaternary nitrogens is 1. The molecule has 0 spiro atoms. The van der Waals surface area contributed by atoms with Crippen molar-refractivity contribution >= 4 is 19.8 Å². The van der Waals surface area contributed by atoms with Crippen molar-refractivity contribution in [2.24, 2.45) is 0 Å². The minimum atomic E-state index is -4.64. The number of rotatable bonds is 34. The predicted molar refractivity (Wildman–Crippen MR) is 222 cm³/mol. The lowest BCUT2D eigenvalue weighted by atomic mass is 10.1. The van der Waals surface area contributed by atoms with Crippen LogP contribution in [0.25, 0.3) is 0 Å². The summed E-state index contributed by atoms with van der Waals surface area (Å²) in [4.78, 5) is 37.4. The number of ether oxygens (including phenoxy) is 2. The summed E-state index contributed by atoms with van der Waals surface area (Å²) in [6.45, 7) is 3.85. The Balaban J connectivity index is 4.53. The Morgan fingerprint density at radius 3 is 1.48 bits per heavy atom. The highest BCUT2D eigenvalue weighted by Crippen LogP contribution is 2.38. The summed E-state index contributed by atoms with van der Waals surface area (Å²) in [6.07, 6.45) is 45.7. The van der Waals surface area contributed by atoms with Gasteiger partial charge in [-0.25, -0.2) is 0 Å². The first-order valence-electron chi connectivity index (χ1n) is 20.0. The molecule has 0 heterocycles. The second-order valence-corrected chi connectivity index (χ2v) is 15.5. The first-order chi connectivity index (χ1) is 26.0. The van der Waals surface area contributed by atoms with Gasteiger partial charge in [0, 0.05) is 12.8 Å². The number of likely N-dealkylation sites (N-methyl/N-ethyl adjacent to an activating group) is 1. The van der Waals surface area contributed by atoms with Crippen molar-refractivity contribution in [2.75, 3.05) is 47.5 Å². The molecule has 0 saturated carbocycles. The molecule has 9 nitrogen and oxygen atoms in total. The van der Waals surface area contributed by atoms with Crippen molar-refractivity contribution in [3.05, 3.63) is 97.2 Å². The molecule has 0 aliphatic carbocycles. The Kier molecular flexibility index (Phi) is 33.6. The van der Waals surface area contributed by atoms with E-state index in [1.54, 1.807) is 0 Å². The number of esters is 2. The monoisotopic (exact) mass is 773 g/mol. The molecule has 0 aliphatic rings. The summed E-state index contributed by atoms with van der Waals surface area (Å²) in [7, 11) is 1.11. The lowest BCUT2D eigenvalue weighted by Gasteiger charge is -2.28. The third-order valence-corrected chi connectivity index (χ3v) is 8.75. The van der Waals surface area contributed by atoms with Gasteiger partial charge in [0.05, 0.1) is 27.7 Å². The van der Waals surface area contributed by atoms with Crippen molar-refractivity contribution < 1.29 is 42.1 Å². The van der Waals surface area contributed by atoms with Crippen LogP contribution in [0.1, 0.15) is 117 Å². The summed E-state index contributed by atoms with van der Waals surface area (Å²) < 4.78 is 33.8.